The van der Waals surface area contributed by atoms with Crippen molar-refractivity contribution in [2.45, 2.75) is 0 Å². The fourth-order valence-corrected chi connectivity index (χ4v) is 2.21. The van der Waals surface area contributed by atoms with Gasteiger partial charge in [0.15, 0.2) is 5.76 Å². The number of para-hydroxylation sites is 1. The van der Waals surface area contributed by atoms with E-state index >= 15 is 0 Å². The van der Waals surface area contributed by atoms with Crippen LogP contribution in [0.1, 0.15) is 5.56 Å². The Balaban J connectivity index is 2.05. The highest BCUT2D eigenvalue weighted by Crippen LogP contribution is 2.31. The summed E-state index contributed by atoms with van der Waals surface area (Å²) in [6, 6.07) is 13.3. The zero-order valence-electron chi connectivity index (χ0n) is 10.8. The van der Waals surface area contributed by atoms with Crippen molar-refractivity contribution in [2.75, 3.05) is 4.90 Å². The molecule has 0 saturated heterocycles. The maximum absolute atomic E-state index is 12.9. The summed E-state index contributed by atoms with van der Waals surface area (Å²) in [5.41, 5.74) is 0.547. The summed E-state index contributed by atoms with van der Waals surface area (Å²) in [5, 5.41) is 9.96. The zero-order valence-corrected chi connectivity index (χ0v) is 10.8. The van der Waals surface area contributed by atoms with Crippen LogP contribution in [0, 0.1) is 5.82 Å². The van der Waals surface area contributed by atoms with Crippen LogP contribution in [-0.2, 0) is 9.59 Å². The van der Waals surface area contributed by atoms with E-state index in [1.165, 1.54) is 24.3 Å². The Morgan fingerprint density at radius 1 is 0.857 bits per heavy atom. The number of hydrogen-bond acceptors (Lipinski definition) is 3. The molecule has 2 aromatic carbocycles. The van der Waals surface area contributed by atoms with Crippen molar-refractivity contribution in [2.24, 2.45) is 0 Å². The van der Waals surface area contributed by atoms with Gasteiger partial charge in [-0.1, -0.05) is 30.3 Å². The smallest absolute Gasteiger partial charge is 0.301 e. The summed E-state index contributed by atoms with van der Waals surface area (Å²) in [6.07, 6.45) is 0. The number of carbonyl (C=O) groups is 2. The minimum Gasteiger partial charge on any atom is -0.502 e. The van der Waals surface area contributed by atoms with E-state index in [2.05, 4.69) is 0 Å². The lowest BCUT2D eigenvalue weighted by Gasteiger charge is -2.14. The molecular weight excluding hydrogens is 273 g/mol. The van der Waals surface area contributed by atoms with Crippen molar-refractivity contribution < 1.29 is 19.1 Å². The monoisotopic (exact) mass is 283 g/mol. The predicted molar refractivity (Wildman–Crippen MR) is 74.9 cm³/mol. The van der Waals surface area contributed by atoms with E-state index in [4.69, 9.17) is 0 Å². The highest BCUT2D eigenvalue weighted by atomic mass is 19.1. The highest BCUT2D eigenvalue weighted by molar-refractivity contribution is 6.44. The summed E-state index contributed by atoms with van der Waals surface area (Å²) in [6.45, 7) is 0. The van der Waals surface area contributed by atoms with E-state index in [-0.39, 0.29) is 5.57 Å². The molecule has 0 fully saturated rings. The van der Waals surface area contributed by atoms with Crippen molar-refractivity contribution in [1.29, 1.82) is 0 Å². The number of carbonyl (C=O) groups excluding carboxylic acids is 2. The molecule has 0 saturated carbocycles. The second-order valence-corrected chi connectivity index (χ2v) is 4.51. The summed E-state index contributed by atoms with van der Waals surface area (Å²) in [4.78, 5) is 25.4. The van der Waals surface area contributed by atoms with Crippen molar-refractivity contribution in [3.05, 3.63) is 71.7 Å². The van der Waals surface area contributed by atoms with Crippen LogP contribution in [0.15, 0.2) is 60.4 Å². The van der Waals surface area contributed by atoms with Gasteiger partial charge in [0.2, 0.25) is 0 Å². The van der Waals surface area contributed by atoms with E-state index in [9.17, 15) is 19.1 Å². The SMILES string of the molecule is O=C1C(O)=C(c2ccc(F)cc2)C(=O)N1c1ccccc1. The van der Waals surface area contributed by atoms with Gasteiger partial charge in [0.25, 0.3) is 5.91 Å². The number of hydrogen-bond donors (Lipinski definition) is 1. The van der Waals surface area contributed by atoms with Crippen LogP contribution in [0.5, 0.6) is 0 Å². The third-order valence-corrected chi connectivity index (χ3v) is 3.21. The number of rotatable bonds is 2. The topological polar surface area (TPSA) is 57.6 Å². The second kappa shape index (κ2) is 4.86. The minimum absolute atomic E-state index is 0.121. The summed E-state index contributed by atoms with van der Waals surface area (Å²) in [5.74, 6) is -2.51. The van der Waals surface area contributed by atoms with E-state index in [1.807, 2.05) is 0 Å². The fraction of sp³-hybridized carbons (Fsp3) is 0. The molecule has 3 rings (SSSR count). The summed E-state index contributed by atoms with van der Waals surface area (Å²) in [7, 11) is 0. The number of imide groups is 1. The molecule has 0 atom stereocenters. The largest absolute Gasteiger partial charge is 0.502 e. The molecule has 1 heterocycles. The molecule has 4 nitrogen and oxygen atoms in total. The molecule has 21 heavy (non-hydrogen) atoms. The van der Waals surface area contributed by atoms with Gasteiger partial charge in [0, 0.05) is 0 Å². The molecular formula is C16H10FNO3. The van der Waals surface area contributed by atoms with Gasteiger partial charge in [0.05, 0.1) is 11.3 Å². The second-order valence-electron chi connectivity index (χ2n) is 4.51. The lowest BCUT2D eigenvalue weighted by atomic mass is 10.1. The van der Waals surface area contributed by atoms with Crippen LogP contribution in [-0.4, -0.2) is 16.9 Å². The van der Waals surface area contributed by atoms with Crippen LogP contribution in [0.4, 0.5) is 10.1 Å². The Kier molecular flexibility index (Phi) is 3.02. The van der Waals surface area contributed by atoms with Gasteiger partial charge in [-0.25, -0.2) is 9.29 Å². The molecule has 1 aliphatic rings. The first-order valence-electron chi connectivity index (χ1n) is 6.22. The number of aliphatic hydroxyl groups excluding tert-OH is 1. The van der Waals surface area contributed by atoms with Crippen molar-refractivity contribution in [1.82, 2.24) is 0 Å². The Bertz CT molecular complexity index is 751. The number of nitrogens with zero attached hydrogens (tertiary/aromatic N) is 1. The number of anilines is 1. The number of amides is 2. The molecule has 2 aromatic rings. The lowest BCUT2D eigenvalue weighted by Crippen LogP contribution is -2.31. The van der Waals surface area contributed by atoms with Gasteiger partial charge >= 0.3 is 5.91 Å². The third-order valence-electron chi connectivity index (χ3n) is 3.21. The Hall–Kier alpha value is -2.95. The molecule has 0 bridgehead atoms. The van der Waals surface area contributed by atoms with Crippen LogP contribution in [0.3, 0.4) is 0 Å². The van der Waals surface area contributed by atoms with E-state index < -0.39 is 23.4 Å². The molecule has 0 aliphatic carbocycles. The Morgan fingerprint density at radius 2 is 1.48 bits per heavy atom. The van der Waals surface area contributed by atoms with Crippen molar-refractivity contribution >= 4 is 23.1 Å². The van der Waals surface area contributed by atoms with Gasteiger partial charge in [0.1, 0.15) is 5.82 Å². The van der Waals surface area contributed by atoms with Gasteiger partial charge in [-0.15, -0.1) is 0 Å². The third kappa shape index (κ3) is 2.08. The number of aliphatic hydroxyl groups is 1. The normalized spacial score (nSPS) is 15.0. The maximum Gasteiger partial charge on any atom is 0.301 e. The Morgan fingerprint density at radius 3 is 2.10 bits per heavy atom. The minimum atomic E-state index is -0.787. The average molecular weight is 283 g/mol. The molecule has 1 aliphatic heterocycles. The maximum atomic E-state index is 12.9. The van der Waals surface area contributed by atoms with Crippen LogP contribution >= 0.6 is 0 Å². The van der Waals surface area contributed by atoms with Crippen molar-refractivity contribution in [3.8, 4) is 0 Å². The first-order chi connectivity index (χ1) is 10.1. The first-order valence-corrected chi connectivity index (χ1v) is 6.22. The fourth-order valence-electron chi connectivity index (χ4n) is 2.21. The lowest BCUT2D eigenvalue weighted by molar-refractivity contribution is -0.121. The van der Waals surface area contributed by atoms with Crippen molar-refractivity contribution in [3.63, 3.8) is 0 Å². The molecule has 0 spiro atoms. The highest BCUT2D eigenvalue weighted by Gasteiger charge is 2.40. The average Bonchev–Trinajstić information content (AvgIpc) is 2.72. The molecule has 0 radical (unpaired) electrons. The molecule has 5 heteroatoms. The van der Waals surface area contributed by atoms with Crippen LogP contribution in [0.2, 0.25) is 0 Å². The van der Waals surface area contributed by atoms with Gasteiger partial charge in [-0.2, -0.15) is 0 Å². The standard InChI is InChI=1S/C16H10FNO3/c17-11-8-6-10(7-9-11)13-14(19)16(21)18(15(13)20)12-4-2-1-3-5-12/h1-9,19H. The molecule has 2 amide bonds. The molecule has 0 unspecified atom stereocenters. The van der Waals surface area contributed by atoms with E-state index in [0.717, 1.165) is 4.90 Å². The van der Waals surface area contributed by atoms with Gasteiger partial charge < -0.3 is 5.11 Å². The van der Waals surface area contributed by atoms with Crippen LogP contribution < -0.4 is 4.90 Å². The van der Waals surface area contributed by atoms with Gasteiger partial charge in [-0.3, -0.25) is 9.59 Å². The van der Waals surface area contributed by atoms with E-state index in [0.29, 0.717) is 11.3 Å². The number of halogens is 1. The quantitative estimate of drug-likeness (QED) is 0.862. The molecule has 0 aromatic heterocycles. The molecule has 104 valence electrons. The summed E-state index contributed by atoms with van der Waals surface area (Å²) >= 11 is 0. The first kappa shape index (κ1) is 13.1. The van der Waals surface area contributed by atoms with Crippen LogP contribution in [0.25, 0.3) is 5.57 Å². The predicted octanol–water partition coefficient (Wildman–Crippen LogP) is 2.67. The summed E-state index contributed by atoms with van der Waals surface area (Å²) < 4.78 is 12.9. The number of benzene rings is 2. The zero-order chi connectivity index (χ0) is 15.0. The molecule has 1 N–H and O–H groups in total. The Labute approximate surface area is 119 Å². The van der Waals surface area contributed by atoms with E-state index in [1.54, 1.807) is 30.3 Å². The van der Waals surface area contributed by atoms with Gasteiger partial charge in [-0.05, 0) is 29.8 Å².